The molecule has 0 aliphatic carbocycles. The molecule has 4 rings (SSSR count). The van der Waals surface area contributed by atoms with Crippen LogP contribution in [-0.4, -0.2) is 86.4 Å². The van der Waals surface area contributed by atoms with E-state index in [1.165, 1.54) is 9.80 Å². The Labute approximate surface area is 262 Å². The van der Waals surface area contributed by atoms with Crippen LogP contribution in [0.5, 0.6) is 5.75 Å². The first-order chi connectivity index (χ1) is 21.5. The van der Waals surface area contributed by atoms with E-state index in [4.69, 9.17) is 19.4 Å². The van der Waals surface area contributed by atoms with Crippen molar-refractivity contribution in [2.24, 2.45) is 0 Å². The van der Waals surface area contributed by atoms with Crippen molar-refractivity contribution in [3.05, 3.63) is 71.4 Å². The molecule has 0 saturated carbocycles. The molecule has 3 N–H and O–H groups in total. The van der Waals surface area contributed by atoms with Gasteiger partial charge in [0.1, 0.15) is 24.0 Å². The van der Waals surface area contributed by atoms with Crippen molar-refractivity contribution in [3.63, 3.8) is 0 Å². The Morgan fingerprint density at radius 2 is 1.65 bits per heavy atom. The average Bonchev–Trinajstić information content (AvgIpc) is 2.98. The highest BCUT2D eigenvalue weighted by Crippen LogP contribution is 2.22. The lowest BCUT2D eigenvalue weighted by molar-refractivity contribution is -0.192. The largest absolute Gasteiger partial charge is 0.490 e. The second kappa shape index (κ2) is 14.9. The van der Waals surface area contributed by atoms with Crippen LogP contribution in [-0.2, 0) is 32.1 Å². The number of aromatic nitrogens is 1. The molecular formula is C31H35F3N4O8. The zero-order chi connectivity index (χ0) is 34.2. The molecule has 0 radical (unpaired) electrons. The molecule has 0 spiro atoms. The number of pyridine rings is 1. The number of nitrogens with one attached hydrogen (secondary N) is 1. The van der Waals surface area contributed by atoms with Gasteiger partial charge in [-0.05, 0) is 57.5 Å². The number of amides is 3. The number of para-hydroxylation sites is 1. The Morgan fingerprint density at radius 1 is 1.02 bits per heavy atom. The number of carboxylic acids is 1. The summed E-state index contributed by atoms with van der Waals surface area (Å²) in [6.45, 7) is 7.85. The first-order valence-electron chi connectivity index (χ1n) is 14.1. The van der Waals surface area contributed by atoms with Gasteiger partial charge in [-0.2, -0.15) is 13.2 Å². The van der Waals surface area contributed by atoms with Crippen molar-refractivity contribution < 1.29 is 52.1 Å². The highest BCUT2D eigenvalue weighted by Gasteiger charge is 2.39. The van der Waals surface area contributed by atoms with Gasteiger partial charge in [0, 0.05) is 29.7 Å². The fraction of sp³-hybridized carbons (Fsp3) is 0.387. The van der Waals surface area contributed by atoms with E-state index in [2.05, 4.69) is 4.98 Å². The molecule has 1 unspecified atom stereocenters. The van der Waals surface area contributed by atoms with Gasteiger partial charge in [0.25, 0.3) is 5.91 Å². The minimum atomic E-state index is -5.08. The number of alkyl halides is 3. The lowest BCUT2D eigenvalue weighted by Gasteiger charge is -2.40. The van der Waals surface area contributed by atoms with Crippen molar-refractivity contribution >= 4 is 34.8 Å². The van der Waals surface area contributed by atoms with Gasteiger partial charge in [-0.15, -0.1) is 0 Å². The van der Waals surface area contributed by atoms with Crippen molar-refractivity contribution in [2.75, 3.05) is 19.6 Å². The van der Waals surface area contributed by atoms with E-state index in [1.807, 2.05) is 37.3 Å². The molecule has 1 atom stereocenters. The van der Waals surface area contributed by atoms with Crippen molar-refractivity contribution in [2.45, 2.75) is 58.5 Å². The van der Waals surface area contributed by atoms with Crippen molar-refractivity contribution in [1.82, 2.24) is 20.3 Å². The molecule has 2 heterocycles. The number of aliphatic carboxylic acids is 1. The number of fused-ring (bicyclic) bond motifs is 1. The van der Waals surface area contributed by atoms with E-state index in [-0.39, 0.29) is 32.0 Å². The number of nitrogens with zero attached hydrogens (tertiary/aromatic N) is 3. The summed E-state index contributed by atoms with van der Waals surface area (Å²) in [4.78, 5) is 54.2. The van der Waals surface area contributed by atoms with Crippen LogP contribution in [0, 0.1) is 6.92 Å². The van der Waals surface area contributed by atoms with Crippen LogP contribution in [0.1, 0.15) is 37.6 Å². The molecule has 248 valence electrons. The molecule has 15 heteroatoms. The molecule has 2 aromatic carbocycles. The Balaban J connectivity index is 0.000000738. The molecule has 1 aromatic heterocycles. The third-order valence-corrected chi connectivity index (χ3v) is 6.61. The van der Waals surface area contributed by atoms with Gasteiger partial charge in [-0.3, -0.25) is 19.8 Å². The zero-order valence-electron chi connectivity index (χ0n) is 25.6. The Kier molecular flexibility index (Phi) is 11.5. The second-order valence-electron chi connectivity index (χ2n) is 11.4. The molecular weight excluding hydrogens is 613 g/mol. The summed E-state index contributed by atoms with van der Waals surface area (Å²) in [6, 6.07) is 16.1. The molecule has 3 amide bonds. The number of benzene rings is 2. The minimum absolute atomic E-state index is 0.0517. The summed E-state index contributed by atoms with van der Waals surface area (Å²) < 4.78 is 43.1. The maximum absolute atomic E-state index is 13.1. The standard InChI is InChI=1S/C29H34N4O6.C2HF3O2/c1-19-15-21(23-7-5-6-8-24(23)30-19)18-38-22-11-9-20(10-12-22)16-26(34)33-14-13-32(17-25(33)27(35)31-37)28(36)39-29(2,3)4;3-2(4,5)1(6)7/h5-12,15,25,37H,13-14,16-18H2,1-4H3,(H,31,35);(H,6,7). The van der Waals surface area contributed by atoms with Gasteiger partial charge >= 0.3 is 18.2 Å². The molecule has 1 fully saturated rings. The van der Waals surface area contributed by atoms with E-state index in [0.717, 1.165) is 27.7 Å². The van der Waals surface area contributed by atoms with Crippen LogP contribution in [0.25, 0.3) is 10.9 Å². The molecule has 12 nitrogen and oxygen atoms in total. The summed E-state index contributed by atoms with van der Waals surface area (Å²) in [5.41, 5.74) is 4.54. The summed E-state index contributed by atoms with van der Waals surface area (Å²) in [5.74, 6) is -3.15. The average molecular weight is 649 g/mol. The van der Waals surface area contributed by atoms with E-state index in [1.54, 1.807) is 50.5 Å². The van der Waals surface area contributed by atoms with Gasteiger partial charge < -0.3 is 24.4 Å². The van der Waals surface area contributed by atoms with Gasteiger partial charge in [-0.25, -0.2) is 15.1 Å². The van der Waals surface area contributed by atoms with Gasteiger partial charge in [0.15, 0.2) is 0 Å². The van der Waals surface area contributed by atoms with Gasteiger partial charge in [0.2, 0.25) is 5.91 Å². The van der Waals surface area contributed by atoms with E-state index in [9.17, 15) is 32.8 Å². The number of carbonyl (C=O) groups excluding carboxylic acids is 3. The van der Waals surface area contributed by atoms with Crippen LogP contribution in [0.2, 0.25) is 0 Å². The Hall–Kier alpha value is -4.92. The predicted octanol–water partition coefficient (Wildman–Crippen LogP) is 4.25. The molecule has 3 aromatic rings. The molecule has 0 bridgehead atoms. The third-order valence-electron chi connectivity index (χ3n) is 6.61. The monoisotopic (exact) mass is 648 g/mol. The van der Waals surface area contributed by atoms with E-state index in [0.29, 0.717) is 12.4 Å². The fourth-order valence-corrected chi connectivity index (χ4v) is 4.53. The number of hydroxylamine groups is 1. The maximum Gasteiger partial charge on any atom is 0.490 e. The van der Waals surface area contributed by atoms with Crippen LogP contribution in [0.3, 0.4) is 0 Å². The topological polar surface area (TPSA) is 159 Å². The Bertz CT molecular complexity index is 1560. The predicted molar refractivity (Wildman–Crippen MR) is 158 cm³/mol. The zero-order valence-corrected chi connectivity index (χ0v) is 25.6. The van der Waals surface area contributed by atoms with E-state index < -0.39 is 35.8 Å². The first-order valence-corrected chi connectivity index (χ1v) is 14.1. The van der Waals surface area contributed by atoms with Crippen molar-refractivity contribution in [3.8, 4) is 5.75 Å². The lowest BCUT2D eigenvalue weighted by Crippen LogP contribution is -2.61. The number of carbonyl (C=O) groups is 4. The Morgan fingerprint density at radius 3 is 2.24 bits per heavy atom. The number of halogens is 3. The summed E-state index contributed by atoms with van der Waals surface area (Å²) in [6.07, 6.45) is -5.60. The third kappa shape index (κ3) is 10.1. The molecule has 1 aliphatic rings. The maximum atomic E-state index is 13.1. The quantitative estimate of drug-likeness (QED) is 0.262. The van der Waals surface area contributed by atoms with E-state index >= 15 is 0 Å². The van der Waals surface area contributed by atoms with Crippen molar-refractivity contribution in [1.29, 1.82) is 0 Å². The highest BCUT2D eigenvalue weighted by atomic mass is 19.4. The number of aryl methyl sites for hydroxylation is 1. The number of rotatable bonds is 6. The molecule has 46 heavy (non-hydrogen) atoms. The molecule has 1 aliphatic heterocycles. The van der Waals surface area contributed by atoms with Gasteiger partial charge in [-0.1, -0.05) is 30.3 Å². The molecule has 1 saturated heterocycles. The minimum Gasteiger partial charge on any atom is -0.489 e. The number of carboxylic acid groups (broad SMARTS) is 1. The normalized spacial score (nSPS) is 15.0. The van der Waals surface area contributed by atoms with Gasteiger partial charge in [0.05, 0.1) is 18.5 Å². The highest BCUT2D eigenvalue weighted by molar-refractivity contribution is 5.89. The number of hydrogen-bond acceptors (Lipinski definition) is 8. The second-order valence-corrected chi connectivity index (χ2v) is 11.4. The van der Waals surface area contributed by atoms with Crippen LogP contribution >= 0.6 is 0 Å². The number of hydrogen-bond donors (Lipinski definition) is 3. The summed E-state index contributed by atoms with van der Waals surface area (Å²) >= 11 is 0. The summed E-state index contributed by atoms with van der Waals surface area (Å²) in [7, 11) is 0. The summed E-state index contributed by atoms with van der Waals surface area (Å²) in [5, 5.41) is 17.4. The SMILES string of the molecule is Cc1cc(COc2ccc(CC(=O)N3CCN(C(=O)OC(C)(C)C)CC3C(=O)NO)cc2)c2ccccc2n1.O=C(O)C(F)(F)F. The number of piperazine rings is 1. The lowest BCUT2D eigenvalue weighted by atomic mass is 10.1. The smallest absolute Gasteiger partial charge is 0.489 e. The van der Waals surface area contributed by atoms with Crippen LogP contribution < -0.4 is 10.2 Å². The van der Waals surface area contributed by atoms with Crippen LogP contribution in [0.15, 0.2) is 54.6 Å². The first kappa shape index (κ1) is 35.6. The number of ether oxygens (including phenoxy) is 2. The van der Waals surface area contributed by atoms with Crippen LogP contribution in [0.4, 0.5) is 18.0 Å². The fourth-order valence-electron chi connectivity index (χ4n) is 4.53.